The SMILES string of the molecule is O=C(COc1ccc([N+](=O)[O-])cc1)Oc1ccccc1C(=O)OCCc1ccccc1. The van der Waals surface area contributed by atoms with Crippen molar-refractivity contribution < 1.29 is 28.7 Å². The molecule has 0 fully saturated rings. The summed E-state index contributed by atoms with van der Waals surface area (Å²) in [6.45, 7) is -0.246. The minimum Gasteiger partial charge on any atom is -0.482 e. The van der Waals surface area contributed by atoms with Gasteiger partial charge in [0, 0.05) is 18.6 Å². The van der Waals surface area contributed by atoms with Crippen molar-refractivity contribution in [3.8, 4) is 11.5 Å². The van der Waals surface area contributed by atoms with Crippen LogP contribution in [0.1, 0.15) is 15.9 Å². The predicted octanol–water partition coefficient (Wildman–Crippen LogP) is 3.98. The first-order valence-corrected chi connectivity index (χ1v) is 9.41. The zero-order chi connectivity index (χ0) is 22.1. The van der Waals surface area contributed by atoms with Gasteiger partial charge in [0.25, 0.3) is 5.69 Å². The van der Waals surface area contributed by atoms with Crippen LogP contribution in [0.5, 0.6) is 11.5 Å². The molecular formula is C23H19NO7. The summed E-state index contributed by atoms with van der Waals surface area (Å²) in [7, 11) is 0. The molecule has 3 aromatic rings. The molecule has 0 heterocycles. The Morgan fingerprint density at radius 1 is 0.871 bits per heavy atom. The molecule has 0 aliphatic carbocycles. The lowest BCUT2D eigenvalue weighted by atomic mass is 10.2. The Hall–Kier alpha value is -4.20. The Bertz CT molecular complexity index is 1050. The van der Waals surface area contributed by atoms with Gasteiger partial charge in [0.2, 0.25) is 0 Å². The molecule has 3 aromatic carbocycles. The second kappa shape index (κ2) is 10.5. The van der Waals surface area contributed by atoms with Gasteiger partial charge in [-0.2, -0.15) is 0 Å². The van der Waals surface area contributed by atoms with Crippen molar-refractivity contribution in [2.24, 2.45) is 0 Å². The lowest BCUT2D eigenvalue weighted by Crippen LogP contribution is -2.19. The molecule has 0 bridgehead atoms. The minimum absolute atomic E-state index is 0.0597. The number of esters is 2. The van der Waals surface area contributed by atoms with Gasteiger partial charge in [0.1, 0.15) is 17.1 Å². The van der Waals surface area contributed by atoms with E-state index < -0.39 is 23.5 Å². The van der Waals surface area contributed by atoms with Crippen LogP contribution in [-0.2, 0) is 16.0 Å². The first kappa shape index (κ1) is 21.5. The number of carbonyl (C=O) groups excluding carboxylic acids is 2. The third-order valence-corrected chi connectivity index (χ3v) is 4.20. The van der Waals surface area contributed by atoms with E-state index in [4.69, 9.17) is 14.2 Å². The van der Waals surface area contributed by atoms with Gasteiger partial charge in [0.05, 0.1) is 11.5 Å². The molecule has 31 heavy (non-hydrogen) atoms. The first-order valence-electron chi connectivity index (χ1n) is 9.41. The molecule has 158 valence electrons. The summed E-state index contributed by atoms with van der Waals surface area (Å²) in [5.41, 5.74) is 1.08. The quantitative estimate of drug-likeness (QED) is 0.223. The number of rotatable bonds is 9. The fraction of sp³-hybridized carbons (Fsp3) is 0.130. The van der Waals surface area contributed by atoms with Gasteiger partial charge in [-0.15, -0.1) is 0 Å². The predicted molar refractivity (Wildman–Crippen MR) is 111 cm³/mol. The summed E-state index contributed by atoms with van der Waals surface area (Å²) >= 11 is 0. The van der Waals surface area contributed by atoms with E-state index in [2.05, 4.69) is 0 Å². The average molecular weight is 421 g/mol. The van der Waals surface area contributed by atoms with E-state index in [0.29, 0.717) is 6.42 Å². The molecule has 0 amide bonds. The number of hydrogen-bond acceptors (Lipinski definition) is 7. The molecule has 0 aliphatic rings. The summed E-state index contributed by atoms with van der Waals surface area (Å²) in [5.74, 6) is -1.00. The number of nitro groups is 1. The van der Waals surface area contributed by atoms with Gasteiger partial charge in [-0.1, -0.05) is 42.5 Å². The van der Waals surface area contributed by atoms with Crippen LogP contribution in [-0.4, -0.2) is 30.1 Å². The Morgan fingerprint density at radius 2 is 1.55 bits per heavy atom. The molecule has 8 heteroatoms. The summed E-state index contributed by atoms with van der Waals surface area (Å²) in [6, 6.07) is 21.1. The third-order valence-electron chi connectivity index (χ3n) is 4.20. The average Bonchev–Trinajstić information content (AvgIpc) is 2.79. The van der Waals surface area contributed by atoms with E-state index in [0.717, 1.165) is 5.56 Å². The lowest BCUT2D eigenvalue weighted by Gasteiger charge is -2.11. The van der Waals surface area contributed by atoms with E-state index >= 15 is 0 Å². The number of hydrogen-bond donors (Lipinski definition) is 0. The van der Waals surface area contributed by atoms with Gasteiger partial charge >= 0.3 is 11.9 Å². The van der Waals surface area contributed by atoms with Crippen molar-refractivity contribution in [1.82, 2.24) is 0 Å². The van der Waals surface area contributed by atoms with Gasteiger partial charge in [-0.05, 0) is 29.8 Å². The highest BCUT2D eigenvalue weighted by Crippen LogP contribution is 2.20. The van der Waals surface area contributed by atoms with Crippen LogP contribution in [0.2, 0.25) is 0 Å². The van der Waals surface area contributed by atoms with E-state index in [-0.39, 0.29) is 29.4 Å². The van der Waals surface area contributed by atoms with Crippen LogP contribution in [0, 0.1) is 10.1 Å². The summed E-state index contributed by atoms with van der Waals surface area (Å²) in [5, 5.41) is 10.7. The number of carbonyl (C=O) groups is 2. The fourth-order valence-electron chi connectivity index (χ4n) is 2.67. The second-order valence-corrected chi connectivity index (χ2v) is 6.38. The molecule has 8 nitrogen and oxygen atoms in total. The zero-order valence-electron chi connectivity index (χ0n) is 16.4. The topological polar surface area (TPSA) is 105 Å². The van der Waals surface area contributed by atoms with Gasteiger partial charge in [-0.3, -0.25) is 10.1 Å². The number of ether oxygens (including phenoxy) is 3. The molecule has 0 aliphatic heterocycles. The van der Waals surface area contributed by atoms with Crippen LogP contribution in [0.25, 0.3) is 0 Å². The van der Waals surface area contributed by atoms with Crippen molar-refractivity contribution in [2.75, 3.05) is 13.2 Å². The van der Waals surface area contributed by atoms with Gasteiger partial charge < -0.3 is 14.2 Å². The molecule has 3 rings (SSSR count). The Labute approximate surface area is 178 Å². The Kier molecular flexibility index (Phi) is 7.31. The lowest BCUT2D eigenvalue weighted by molar-refractivity contribution is -0.384. The van der Waals surface area contributed by atoms with Crippen LogP contribution >= 0.6 is 0 Å². The molecule has 0 radical (unpaired) electrons. The van der Waals surface area contributed by atoms with Crippen molar-refractivity contribution in [3.63, 3.8) is 0 Å². The molecule has 0 spiro atoms. The molecule has 0 N–H and O–H groups in total. The number of nitrogens with zero attached hydrogens (tertiary/aromatic N) is 1. The zero-order valence-corrected chi connectivity index (χ0v) is 16.4. The molecule has 0 saturated heterocycles. The standard InChI is InChI=1S/C23H19NO7/c25-22(16-30-19-12-10-18(11-13-19)24(27)28)31-21-9-5-4-8-20(21)23(26)29-15-14-17-6-2-1-3-7-17/h1-13H,14-16H2. The van der Waals surface area contributed by atoms with E-state index in [1.165, 1.54) is 36.4 Å². The van der Waals surface area contributed by atoms with E-state index in [1.54, 1.807) is 12.1 Å². The highest BCUT2D eigenvalue weighted by Gasteiger charge is 2.17. The van der Waals surface area contributed by atoms with E-state index in [1.807, 2.05) is 30.3 Å². The monoisotopic (exact) mass is 421 g/mol. The maximum Gasteiger partial charge on any atom is 0.349 e. The normalized spacial score (nSPS) is 10.2. The maximum atomic E-state index is 12.4. The highest BCUT2D eigenvalue weighted by atomic mass is 16.6. The van der Waals surface area contributed by atoms with Gasteiger partial charge in [0.15, 0.2) is 6.61 Å². The van der Waals surface area contributed by atoms with Crippen LogP contribution in [0.3, 0.4) is 0 Å². The minimum atomic E-state index is -0.733. The van der Waals surface area contributed by atoms with Crippen molar-refractivity contribution in [1.29, 1.82) is 0 Å². The van der Waals surface area contributed by atoms with Crippen molar-refractivity contribution >= 4 is 17.6 Å². The van der Waals surface area contributed by atoms with Crippen LogP contribution < -0.4 is 9.47 Å². The molecule has 0 aromatic heterocycles. The van der Waals surface area contributed by atoms with Gasteiger partial charge in [-0.25, -0.2) is 9.59 Å². The number of benzene rings is 3. The van der Waals surface area contributed by atoms with Crippen molar-refractivity contribution in [3.05, 3.63) is 100 Å². The third kappa shape index (κ3) is 6.40. The fourth-order valence-corrected chi connectivity index (χ4v) is 2.67. The largest absolute Gasteiger partial charge is 0.482 e. The Morgan fingerprint density at radius 3 is 2.26 bits per heavy atom. The van der Waals surface area contributed by atoms with Crippen LogP contribution in [0.15, 0.2) is 78.9 Å². The van der Waals surface area contributed by atoms with Crippen LogP contribution in [0.4, 0.5) is 5.69 Å². The summed E-state index contributed by atoms with van der Waals surface area (Å²) < 4.78 is 15.8. The Balaban J connectivity index is 1.53. The smallest absolute Gasteiger partial charge is 0.349 e. The molecular weight excluding hydrogens is 402 g/mol. The molecule has 0 saturated carbocycles. The maximum absolute atomic E-state index is 12.4. The number of non-ortho nitro benzene ring substituents is 1. The van der Waals surface area contributed by atoms with Crippen molar-refractivity contribution in [2.45, 2.75) is 6.42 Å². The first-order chi connectivity index (χ1) is 15.0. The highest BCUT2D eigenvalue weighted by molar-refractivity contribution is 5.93. The summed E-state index contributed by atoms with van der Waals surface area (Å²) in [6.07, 6.45) is 0.567. The van der Waals surface area contributed by atoms with E-state index in [9.17, 15) is 19.7 Å². The molecule has 0 atom stereocenters. The number of para-hydroxylation sites is 1. The molecule has 0 unspecified atom stereocenters. The summed E-state index contributed by atoms with van der Waals surface area (Å²) in [4.78, 5) is 34.7. The second-order valence-electron chi connectivity index (χ2n) is 6.38. The number of nitro benzene ring substituents is 1.